The number of likely N-dealkylation sites (N-methyl/N-ethyl adjacent to an activating group) is 2. The Morgan fingerprint density at radius 1 is 0.826 bits per heavy atom. The predicted octanol–water partition coefficient (Wildman–Crippen LogP) is 5.16. The molecule has 0 saturated heterocycles. The minimum atomic E-state index is -1.36. The maximum absolute atomic E-state index is 14.5. The third-order valence-corrected chi connectivity index (χ3v) is 10.5. The Kier molecular flexibility index (Phi) is 6.21. The van der Waals surface area contributed by atoms with Crippen LogP contribution in [0.5, 0.6) is 34.5 Å². The smallest absolute Gasteiger partial charge is 0.248 e. The van der Waals surface area contributed by atoms with Crippen LogP contribution in [0, 0.1) is 0 Å². The minimum absolute atomic E-state index is 0.0756. The zero-order valence-electron chi connectivity index (χ0n) is 26.3. The predicted molar refractivity (Wildman–Crippen MR) is 169 cm³/mol. The van der Waals surface area contributed by atoms with Crippen molar-refractivity contribution in [1.82, 2.24) is 9.80 Å². The first-order valence-corrected chi connectivity index (χ1v) is 16.0. The molecule has 7 aliphatic rings. The number of ether oxygens (including phenoxy) is 6. The van der Waals surface area contributed by atoms with Gasteiger partial charge in [0.25, 0.3) is 0 Å². The normalized spacial score (nSPS) is 26.3. The highest BCUT2D eigenvalue weighted by molar-refractivity contribution is 6.05. The van der Waals surface area contributed by atoms with Crippen molar-refractivity contribution >= 4 is 5.78 Å². The van der Waals surface area contributed by atoms with E-state index in [1.54, 1.807) is 7.11 Å². The highest BCUT2D eigenvalue weighted by atomic mass is 16.7. The number of fused-ring (bicyclic) bond motifs is 3. The molecule has 0 N–H and O–H groups in total. The van der Waals surface area contributed by atoms with Gasteiger partial charge in [-0.3, -0.25) is 14.6 Å². The molecule has 0 radical (unpaired) electrons. The fourth-order valence-electron chi connectivity index (χ4n) is 8.08. The third kappa shape index (κ3) is 4.18. The number of methoxy groups -OCH3 is 1. The number of rotatable bonds is 1. The molecule has 10 rings (SSSR count). The molecular formula is C37H36N2O7. The second kappa shape index (κ2) is 10.3. The highest BCUT2D eigenvalue weighted by Gasteiger charge is 2.56. The first-order valence-electron chi connectivity index (χ1n) is 16.0. The van der Waals surface area contributed by atoms with Crippen LogP contribution in [0.4, 0.5) is 0 Å². The molecule has 3 aromatic rings. The monoisotopic (exact) mass is 620 g/mol. The second-order valence-corrected chi connectivity index (χ2v) is 13.2. The summed E-state index contributed by atoms with van der Waals surface area (Å²) in [5, 5.41) is 0. The fourth-order valence-corrected chi connectivity index (χ4v) is 8.08. The second-order valence-electron chi connectivity index (χ2n) is 13.2. The van der Waals surface area contributed by atoms with E-state index in [0.29, 0.717) is 40.9 Å². The van der Waals surface area contributed by atoms with E-state index in [-0.39, 0.29) is 31.3 Å². The van der Waals surface area contributed by atoms with E-state index in [9.17, 15) is 4.79 Å². The molecule has 3 aromatic carbocycles. The number of hydrogen-bond donors (Lipinski definition) is 0. The molecular weight excluding hydrogens is 584 g/mol. The number of carbonyl (C=O) groups excluding carboxylic acids is 1. The number of benzene rings is 3. The molecule has 1 unspecified atom stereocenters. The SMILES string of the molecule is COC1=CC2=C3C(Cc4cc5c(c(c4)Oc4ccc(cc4)C[C@@H]4c6cc7c(cc6CCN4C)OC[C@]3(O7)C1=O)OCO5)N(C)CC2. The van der Waals surface area contributed by atoms with Crippen molar-refractivity contribution < 1.29 is 33.2 Å². The molecule has 6 aliphatic heterocycles. The van der Waals surface area contributed by atoms with Gasteiger partial charge < -0.3 is 28.4 Å². The average molecular weight is 621 g/mol. The van der Waals surface area contributed by atoms with Gasteiger partial charge in [0.15, 0.2) is 28.8 Å². The van der Waals surface area contributed by atoms with Gasteiger partial charge in [0, 0.05) is 30.7 Å². The van der Waals surface area contributed by atoms with Crippen molar-refractivity contribution in [3.05, 3.63) is 93.8 Å². The van der Waals surface area contributed by atoms with E-state index in [1.165, 1.54) is 16.7 Å². The summed E-state index contributed by atoms with van der Waals surface area (Å²) in [4.78, 5) is 19.2. The van der Waals surface area contributed by atoms with Gasteiger partial charge in [0.05, 0.1) is 7.11 Å². The lowest BCUT2D eigenvalue weighted by molar-refractivity contribution is -0.136. The summed E-state index contributed by atoms with van der Waals surface area (Å²) in [6, 6.07) is 16.6. The summed E-state index contributed by atoms with van der Waals surface area (Å²) >= 11 is 0. The largest absolute Gasteiger partial charge is 0.493 e. The Labute approximate surface area is 267 Å². The summed E-state index contributed by atoms with van der Waals surface area (Å²) in [5.74, 6) is 3.97. The summed E-state index contributed by atoms with van der Waals surface area (Å²) in [6.45, 7) is 1.97. The molecule has 0 saturated carbocycles. The number of nitrogens with zero attached hydrogens (tertiary/aromatic N) is 2. The molecule has 9 nitrogen and oxygen atoms in total. The first-order chi connectivity index (χ1) is 22.4. The van der Waals surface area contributed by atoms with Gasteiger partial charge >= 0.3 is 0 Å². The Bertz CT molecular complexity index is 1850. The van der Waals surface area contributed by atoms with Crippen LogP contribution in [-0.4, -0.2) is 74.9 Å². The number of Topliss-reactive ketones (excluding diaryl/α,β-unsaturated/α-hetero) is 1. The average Bonchev–Trinajstić information content (AvgIpc) is 3.54. The van der Waals surface area contributed by atoms with Crippen molar-refractivity contribution in [2.75, 3.05) is 47.7 Å². The topological polar surface area (TPSA) is 78.9 Å². The van der Waals surface area contributed by atoms with E-state index in [4.69, 9.17) is 28.4 Å². The zero-order valence-corrected chi connectivity index (χ0v) is 26.3. The summed E-state index contributed by atoms with van der Waals surface area (Å²) in [5.41, 5.74) is 5.30. The van der Waals surface area contributed by atoms with E-state index in [0.717, 1.165) is 54.8 Å². The van der Waals surface area contributed by atoms with E-state index in [1.807, 2.05) is 30.3 Å². The standard InChI is InChI=1S/C37H36N2O7/c1-38-10-8-23-16-29-30-18-26(23)27(38)12-21-4-6-25(7-5-21)45-32-15-22(14-31-35(32)44-20-43-31)13-28-34-24(9-11-39(28)2)17-33(41-3)36(40)37(34,46-30)19-42-29/h4-7,14-18,27-28H,8-13,19-20H2,1-3H3/t27-,28?,37-/m1/s1. The number of carbonyl (C=O) groups is 1. The maximum atomic E-state index is 14.5. The maximum Gasteiger partial charge on any atom is 0.248 e. The Morgan fingerprint density at radius 3 is 2.46 bits per heavy atom. The van der Waals surface area contributed by atoms with Crippen molar-refractivity contribution in [3.63, 3.8) is 0 Å². The van der Waals surface area contributed by atoms with Crippen LogP contribution < -0.4 is 23.7 Å². The first kappa shape index (κ1) is 27.8. The Balaban J connectivity index is 1.26. The van der Waals surface area contributed by atoms with Gasteiger partial charge in [-0.2, -0.15) is 0 Å². The molecule has 9 heteroatoms. The van der Waals surface area contributed by atoms with E-state index < -0.39 is 5.60 Å². The minimum Gasteiger partial charge on any atom is -0.493 e. The summed E-state index contributed by atoms with van der Waals surface area (Å²) in [7, 11) is 5.83. The van der Waals surface area contributed by atoms with Crippen LogP contribution in [0.3, 0.4) is 0 Å². The van der Waals surface area contributed by atoms with Crippen LogP contribution in [0.15, 0.2) is 71.5 Å². The van der Waals surface area contributed by atoms with Crippen LogP contribution in [0.2, 0.25) is 0 Å². The molecule has 0 amide bonds. The van der Waals surface area contributed by atoms with Crippen molar-refractivity contribution in [1.29, 1.82) is 0 Å². The van der Waals surface area contributed by atoms with Crippen LogP contribution >= 0.6 is 0 Å². The molecule has 0 aromatic heterocycles. The molecule has 7 bridgehead atoms. The fraction of sp³-hybridized carbons (Fsp3) is 0.378. The van der Waals surface area contributed by atoms with Gasteiger partial charge in [-0.25, -0.2) is 0 Å². The molecule has 1 aliphatic carbocycles. The molecule has 6 heterocycles. The number of allylic oxidation sites excluding steroid dienone is 1. The number of ketones is 1. The quantitative estimate of drug-likeness (QED) is 0.367. The van der Waals surface area contributed by atoms with Crippen LogP contribution in [-0.2, 0) is 28.8 Å². The molecule has 3 atom stereocenters. The van der Waals surface area contributed by atoms with Crippen molar-refractivity contribution in [2.45, 2.75) is 43.4 Å². The lowest BCUT2D eigenvalue weighted by Gasteiger charge is -2.48. The molecule has 46 heavy (non-hydrogen) atoms. The van der Waals surface area contributed by atoms with Crippen LogP contribution in [0.25, 0.3) is 0 Å². The number of hydrogen-bond acceptors (Lipinski definition) is 9. The lowest BCUT2D eigenvalue weighted by atomic mass is 9.72. The third-order valence-electron chi connectivity index (χ3n) is 10.5. The van der Waals surface area contributed by atoms with Gasteiger partial charge in [0.2, 0.25) is 23.9 Å². The van der Waals surface area contributed by atoms with Crippen molar-refractivity contribution in [2.24, 2.45) is 0 Å². The van der Waals surface area contributed by atoms with E-state index in [2.05, 4.69) is 48.2 Å². The lowest BCUT2D eigenvalue weighted by Crippen LogP contribution is -2.61. The summed E-state index contributed by atoms with van der Waals surface area (Å²) < 4.78 is 37.5. The van der Waals surface area contributed by atoms with Gasteiger partial charge in [-0.05, 0) is 110 Å². The van der Waals surface area contributed by atoms with E-state index >= 15 is 0 Å². The van der Waals surface area contributed by atoms with Gasteiger partial charge in [-0.15, -0.1) is 0 Å². The molecule has 236 valence electrons. The summed E-state index contributed by atoms with van der Waals surface area (Å²) in [6.07, 6.45) is 5.00. The Hall–Kier alpha value is -4.47. The zero-order chi connectivity index (χ0) is 31.2. The van der Waals surface area contributed by atoms with Gasteiger partial charge in [-0.1, -0.05) is 12.1 Å². The van der Waals surface area contributed by atoms with Crippen molar-refractivity contribution in [3.8, 4) is 34.5 Å². The highest BCUT2D eigenvalue weighted by Crippen LogP contribution is 2.50. The molecule has 1 spiro atoms. The Morgan fingerprint density at radius 2 is 1.61 bits per heavy atom. The van der Waals surface area contributed by atoms with Gasteiger partial charge in [0.1, 0.15) is 12.4 Å². The molecule has 0 fully saturated rings. The van der Waals surface area contributed by atoms with Crippen LogP contribution in [0.1, 0.15) is 34.7 Å².